The number of likely N-dealkylation sites (tertiary alicyclic amines) is 1. The van der Waals surface area contributed by atoms with Crippen molar-refractivity contribution in [3.8, 4) is 5.75 Å². The molecule has 4 N–H and O–H groups in total. The van der Waals surface area contributed by atoms with Gasteiger partial charge < -0.3 is 21.1 Å². The number of carbonyl (C=O) groups excluding carboxylic acids is 3. The van der Waals surface area contributed by atoms with Gasteiger partial charge in [-0.1, -0.05) is 6.92 Å². The number of nitrogens with zero attached hydrogens (tertiary/aromatic N) is 4. The number of fused-ring (bicyclic) bond motifs is 1. The molecule has 192 valence electrons. The minimum atomic E-state index is -3.43. The molecule has 1 aromatic carbocycles. The fraction of sp³-hybridized carbons (Fsp3) is 0.478. The predicted molar refractivity (Wildman–Crippen MR) is 125 cm³/mol. The molecule has 3 rings (SSSR count). The molecule has 13 heteroatoms. The van der Waals surface area contributed by atoms with Gasteiger partial charge in [-0.25, -0.2) is 21.4 Å². The summed E-state index contributed by atoms with van der Waals surface area (Å²) in [4.78, 5) is 48.2. The van der Waals surface area contributed by atoms with Crippen LogP contribution in [0.5, 0.6) is 5.75 Å². The molecule has 0 saturated carbocycles. The van der Waals surface area contributed by atoms with E-state index < -0.39 is 37.0 Å². The van der Waals surface area contributed by atoms with Crippen LogP contribution in [0, 0.1) is 12.5 Å². The average Bonchev–Trinajstić information content (AvgIpc) is 3.19. The summed E-state index contributed by atoms with van der Waals surface area (Å²) < 4.78 is 33.7. The van der Waals surface area contributed by atoms with E-state index in [9.17, 15) is 23.2 Å². The van der Waals surface area contributed by atoms with E-state index in [0.29, 0.717) is 36.2 Å². The zero-order valence-electron chi connectivity index (χ0n) is 19.7. The summed E-state index contributed by atoms with van der Waals surface area (Å²) in [5, 5.41) is 5.41. The molecule has 2 atom stereocenters. The predicted octanol–water partition coefficient (Wildman–Crippen LogP) is 1.30. The number of ether oxygens (including phenoxy) is 1. The standard InChI is InChI=1S/C23H27F2N7O4/c1-14(11-26)21(34)28-8-3-9-36-15-4-5-17-16(10-15)20(31-13-30-17)22(35)29-12-19(33)32-18(27-2)6-7-23(32,24)25/h4-5,10,13-14,18H,3,6-9,11-12,26H2,1H3,(H,28,34)(H,29,35)/t14-,18+/m1/s1. The molecule has 3 amide bonds. The van der Waals surface area contributed by atoms with E-state index in [1.807, 2.05) is 0 Å². The second-order valence-electron chi connectivity index (χ2n) is 8.29. The number of rotatable bonds is 10. The van der Waals surface area contributed by atoms with Gasteiger partial charge in [-0.2, -0.15) is 8.78 Å². The Morgan fingerprint density at radius 2 is 2.11 bits per heavy atom. The van der Waals surface area contributed by atoms with E-state index in [4.69, 9.17) is 17.0 Å². The Kier molecular flexibility index (Phi) is 8.65. The normalized spacial score (nSPS) is 17.3. The third kappa shape index (κ3) is 6.19. The van der Waals surface area contributed by atoms with Crippen LogP contribution in [0.2, 0.25) is 0 Å². The molecule has 0 bridgehead atoms. The van der Waals surface area contributed by atoms with Gasteiger partial charge in [0.25, 0.3) is 11.8 Å². The molecule has 1 aliphatic heterocycles. The molecule has 2 aromatic rings. The Bertz CT molecular complexity index is 1170. The highest BCUT2D eigenvalue weighted by Gasteiger charge is 2.53. The van der Waals surface area contributed by atoms with Crippen LogP contribution >= 0.6 is 0 Å². The van der Waals surface area contributed by atoms with Gasteiger partial charge in [-0.15, -0.1) is 0 Å². The number of hydrogen-bond acceptors (Lipinski definition) is 7. The van der Waals surface area contributed by atoms with Crippen molar-refractivity contribution in [2.45, 2.75) is 38.4 Å². The molecule has 0 spiro atoms. The monoisotopic (exact) mass is 503 g/mol. The van der Waals surface area contributed by atoms with Gasteiger partial charge in [0.15, 0.2) is 0 Å². The molecule has 0 aliphatic carbocycles. The minimum absolute atomic E-state index is 0.0591. The Morgan fingerprint density at radius 1 is 1.33 bits per heavy atom. The van der Waals surface area contributed by atoms with Gasteiger partial charge in [0, 0.05) is 30.8 Å². The highest BCUT2D eigenvalue weighted by atomic mass is 19.3. The van der Waals surface area contributed by atoms with Gasteiger partial charge in [-0.05, 0) is 24.6 Å². The quantitative estimate of drug-likeness (QED) is 0.252. The molecular weight excluding hydrogens is 476 g/mol. The number of nitrogens with two attached hydrogens (primary N) is 1. The fourth-order valence-electron chi connectivity index (χ4n) is 3.63. The van der Waals surface area contributed by atoms with Crippen LogP contribution in [0.3, 0.4) is 0 Å². The van der Waals surface area contributed by atoms with E-state index in [2.05, 4.69) is 25.4 Å². The number of aromatic nitrogens is 2. The fourth-order valence-corrected chi connectivity index (χ4v) is 3.63. The van der Waals surface area contributed by atoms with E-state index in [0.717, 1.165) is 0 Å². The minimum Gasteiger partial charge on any atom is -0.494 e. The van der Waals surface area contributed by atoms with Gasteiger partial charge >= 0.3 is 12.2 Å². The van der Waals surface area contributed by atoms with Crippen LogP contribution in [0.4, 0.5) is 8.78 Å². The highest BCUT2D eigenvalue weighted by molar-refractivity contribution is 6.05. The van der Waals surface area contributed by atoms with Crippen molar-refractivity contribution in [1.29, 1.82) is 0 Å². The van der Waals surface area contributed by atoms with Crippen LogP contribution in [-0.4, -0.2) is 71.0 Å². The largest absolute Gasteiger partial charge is 0.494 e. The van der Waals surface area contributed by atoms with Crippen LogP contribution in [-0.2, 0) is 9.59 Å². The van der Waals surface area contributed by atoms with Crippen LogP contribution in [0.25, 0.3) is 15.7 Å². The SMILES string of the molecule is [C-]#[N+][C@@H]1CCC(F)(F)N1C(=O)CNC(=O)c1ncnc2ccc(OCCCNC(=O)[C@H](C)CN)cc12. The van der Waals surface area contributed by atoms with Gasteiger partial charge in [0.2, 0.25) is 5.91 Å². The molecule has 0 radical (unpaired) electrons. The first-order valence-electron chi connectivity index (χ1n) is 11.4. The number of halogens is 2. The lowest BCUT2D eigenvalue weighted by atomic mass is 10.1. The molecule has 0 unspecified atom stereocenters. The van der Waals surface area contributed by atoms with Crippen molar-refractivity contribution in [2.75, 3.05) is 26.2 Å². The molecule has 1 aliphatic rings. The van der Waals surface area contributed by atoms with E-state index in [-0.39, 0.29) is 35.4 Å². The maximum Gasteiger partial charge on any atom is 0.333 e. The second-order valence-corrected chi connectivity index (χ2v) is 8.29. The van der Waals surface area contributed by atoms with Crippen molar-refractivity contribution < 1.29 is 27.9 Å². The summed E-state index contributed by atoms with van der Waals surface area (Å²) in [5.74, 6) is -1.78. The van der Waals surface area contributed by atoms with Gasteiger partial charge in [0.05, 0.1) is 25.1 Å². The van der Waals surface area contributed by atoms with Crippen LogP contribution < -0.4 is 21.1 Å². The van der Waals surface area contributed by atoms with Crippen molar-refractivity contribution in [3.05, 3.63) is 41.6 Å². The molecule has 11 nitrogen and oxygen atoms in total. The third-order valence-electron chi connectivity index (χ3n) is 5.68. The topological polar surface area (TPSA) is 144 Å². The number of nitrogens with one attached hydrogen (secondary N) is 2. The number of carbonyl (C=O) groups is 3. The van der Waals surface area contributed by atoms with Gasteiger partial charge in [0.1, 0.15) is 17.8 Å². The van der Waals surface area contributed by atoms with E-state index >= 15 is 0 Å². The van der Waals surface area contributed by atoms with E-state index in [1.54, 1.807) is 25.1 Å². The Morgan fingerprint density at radius 3 is 2.83 bits per heavy atom. The maximum absolute atomic E-state index is 14.0. The lowest BCUT2D eigenvalue weighted by Gasteiger charge is -2.23. The van der Waals surface area contributed by atoms with Crippen LogP contribution in [0.1, 0.15) is 36.7 Å². The number of alkyl halides is 2. The number of hydrogen-bond donors (Lipinski definition) is 3. The van der Waals surface area contributed by atoms with Crippen molar-refractivity contribution >= 4 is 28.6 Å². The number of amides is 3. The van der Waals surface area contributed by atoms with Crippen molar-refractivity contribution in [2.24, 2.45) is 11.7 Å². The first kappa shape index (κ1) is 26.7. The van der Waals surface area contributed by atoms with Crippen molar-refractivity contribution in [3.63, 3.8) is 0 Å². The molecule has 1 saturated heterocycles. The molecule has 1 aromatic heterocycles. The second kappa shape index (κ2) is 11.7. The summed E-state index contributed by atoms with van der Waals surface area (Å²) in [6, 6.07) is 1.42. The lowest BCUT2D eigenvalue weighted by Crippen LogP contribution is -2.48. The maximum atomic E-state index is 14.0. The first-order chi connectivity index (χ1) is 17.2. The highest BCUT2D eigenvalue weighted by Crippen LogP contribution is 2.37. The number of benzene rings is 1. The molecule has 2 heterocycles. The van der Waals surface area contributed by atoms with E-state index in [1.165, 1.54) is 6.33 Å². The molecule has 36 heavy (non-hydrogen) atoms. The van der Waals surface area contributed by atoms with Gasteiger partial charge in [-0.3, -0.25) is 19.2 Å². The Hall–Kier alpha value is -3.92. The Balaban J connectivity index is 1.61. The summed E-state index contributed by atoms with van der Waals surface area (Å²) in [6.07, 6.45) is -0.281. The summed E-state index contributed by atoms with van der Waals surface area (Å²) in [7, 11) is 0. The lowest BCUT2D eigenvalue weighted by molar-refractivity contribution is -0.165. The summed E-state index contributed by atoms with van der Waals surface area (Å²) in [5.41, 5.74) is 5.84. The summed E-state index contributed by atoms with van der Waals surface area (Å²) >= 11 is 0. The first-order valence-corrected chi connectivity index (χ1v) is 11.4. The van der Waals surface area contributed by atoms with Crippen molar-refractivity contribution in [1.82, 2.24) is 25.5 Å². The molecule has 1 fully saturated rings. The zero-order valence-corrected chi connectivity index (χ0v) is 19.7. The zero-order chi connectivity index (χ0) is 26.3. The van der Waals surface area contributed by atoms with Crippen LogP contribution in [0.15, 0.2) is 24.5 Å². The smallest absolute Gasteiger partial charge is 0.333 e. The Labute approximate surface area is 206 Å². The average molecular weight is 504 g/mol. The molecular formula is C23H27F2N7O4. The summed E-state index contributed by atoms with van der Waals surface area (Å²) in [6.45, 7) is 9.02. The third-order valence-corrected chi connectivity index (χ3v) is 5.68.